The summed E-state index contributed by atoms with van der Waals surface area (Å²) in [7, 11) is 2.05. The van der Waals surface area contributed by atoms with E-state index in [4.69, 9.17) is 0 Å². The minimum absolute atomic E-state index is 0.202. The highest BCUT2D eigenvalue weighted by molar-refractivity contribution is 5.73. The van der Waals surface area contributed by atoms with Crippen molar-refractivity contribution < 1.29 is 9.18 Å². The van der Waals surface area contributed by atoms with Gasteiger partial charge >= 0.3 is 6.03 Å². The molecule has 0 aliphatic carbocycles. The van der Waals surface area contributed by atoms with Crippen molar-refractivity contribution in [2.24, 2.45) is 0 Å². The molecule has 1 unspecified atom stereocenters. The van der Waals surface area contributed by atoms with Crippen LogP contribution < -0.4 is 10.6 Å². The van der Waals surface area contributed by atoms with Crippen LogP contribution in [0.25, 0.3) is 0 Å². The van der Waals surface area contributed by atoms with Crippen LogP contribution in [-0.4, -0.2) is 37.1 Å². The van der Waals surface area contributed by atoms with Gasteiger partial charge in [-0.05, 0) is 38.1 Å². The normalized spacial score (nSPS) is 12.2. The molecule has 1 atom stereocenters. The van der Waals surface area contributed by atoms with Crippen molar-refractivity contribution >= 4 is 6.03 Å². The predicted molar refractivity (Wildman–Crippen MR) is 79.0 cm³/mol. The fraction of sp³-hybridized carbons (Fsp3) is 0.533. The van der Waals surface area contributed by atoms with Crippen molar-refractivity contribution in [2.75, 3.05) is 20.1 Å². The Morgan fingerprint density at radius 1 is 1.30 bits per heavy atom. The number of amides is 2. The van der Waals surface area contributed by atoms with Gasteiger partial charge in [-0.3, -0.25) is 0 Å². The second-order valence-corrected chi connectivity index (χ2v) is 4.97. The molecule has 112 valence electrons. The van der Waals surface area contributed by atoms with Crippen LogP contribution in [0.4, 0.5) is 9.18 Å². The minimum Gasteiger partial charge on any atom is -0.337 e. The maximum absolute atomic E-state index is 12.7. The molecule has 0 bridgehead atoms. The molecule has 2 N–H and O–H groups in total. The number of nitrogens with zero attached hydrogens (tertiary/aromatic N) is 1. The Balaban J connectivity index is 2.19. The molecule has 2 amide bonds. The van der Waals surface area contributed by atoms with Crippen LogP contribution in [0.1, 0.15) is 25.8 Å². The molecule has 0 aliphatic heterocycles. The summed E-state index contributed by atoms with van der Waals surface area (Å²) >= 11 is 0. The maximum atomic E-state index is 12.7. The molecule has 0 aliphatic rings. The van der Waals surface area contributed by atoms with Gasteiger partial charge in [-0.2, -0.15) is 0 Å². The Hall–Kier alpha value is -1.62. The number of benzene rings is 1. The maximum Gasteiger partial charge on any atom is 0.315 e. The molecule has 4 nitrogen and oxygen atoms in total. The third-order valence-electron chi connectivity index (χ3n) is 3.46. The zero-order valence-electron chi connectivity index (χ0n) is 12.4. The molecule has 1 rings (SSSR count). The van der Waals surface area contributed by atoms with E-state index in [1.165, 1.54) is 12.1 Å². The summed E-state index contributed by atoms with van der Waals surface area (Å²) in [6, 6.07) is 6.40. The van der Waals surface area contributed by atoms with E-state index in [0.29, 0.717) is 19.1 Å². The monoisotopic (exact) mass is 281 g/mol. The van der Waals surface area contributed by atoms with E-state index in [9.17, 15) is 9.18 Å². The van der Waals surface area contributed by atoms with Crippen LogP contribution in [0.3, 0.4) is 0 Å². The number of halogens is 1. The van der Waals surface area contributed by atoms with Gasteiger partial charge in [0.05, 0.1) is 0 Å². The molecule has 1 aromatic rings. The zero-order valence-corrected chi connectivity index (χ0v) is 12.4. The van der Waals surface area contributed by atoms with Crippen LogP contribution in [0.5, 0.6) is 0 Å². The largest absolute Gasteiger partial charge is 0.337 e. The highest BCUT2D eigenvalue weighted by Gasteiger charge is 2.06. The standard InChI is InChI=1S/C15H24FN3O/c1-4-12(2)19(3)10-9-17-15(20)18-11-13-5-7-14(16)8-6-13/h5-8,12H,4,9-11H2,1-3H3,(H2,17,18,20). The molecule has 0 saturated heterocycles. The Morgan fingerprint density at radius 2 is 1.95 bits per heavy atom. The van der Waals surface area contributed by atoms with E-state index in [-0.39, 0.29) is 11.8 Å². The number of urea groups is 1. The lowest BCUT2D eigenvalue weighted by Gasteiger charge is -2.23. The minimum atomic E-state index is -0.272. The first-order chi connectivity index (χ1) is 9.52. The number of hydrogen-bond acceptors (Lipinski definition) is 2. The molecule has 0 fully saturated rings. The van der Waals surface area contributed by atoms with Crippen molar-refractivity contribution in [3.63, 3.8) is 0 Å². The number of carbonyl (C=O) groups excluding carboxylic acids is 1. The molecule has 0 spiro atoms. The highest BCUT2D eigenvalue weighted by Crippen LogP contribution is 2.02. The summed E-state index contributed by atoms with van der Waals surface area (Å²) in [5, 5.41) is 5.55. The Morgan fingerprint density at radius 3 is 2.55 bits per heavy atom. The smallest absolute Gasteiger partial charge is 0.315 e. The van der Waals surface area contributed by atoms with Crippen LogP contribution in [0.2, 0.25) is 0 Å². The number of hydrogen-bond donors (Lipinski definition) is 2. The van der Waals surface area contributed by atoms with Gasteiger partial charge in [0.15, 0.2) is 0 Å². The molecule has 0 heterocycles. The molecule has 20 heavy (non-hydrogen) atoms. The molecule has 5 heteroatoms. The van der Waals surface area contributed by atoms with Gasteiger partial charge < -0.3 is 15.5 Å². The van der Waals surface area contributed by atoms with Gasteiger partial charge in [0.25, 0.3) is 0 Å². The zero-order chi connectivity index (χ0) is 15.0. The van der Waals surface area contributed by atoms with Gasteiger partial charge in [0.2, 0.25) is 0 Å². The second-order valence-electron chi connectivity index (χ2n) is 4.97. The summed E-state index contributed by atoms with van der Waals surface area (Å²) < 4.78 is 12.7. The van der Waals surface area contributed by atoms with Gasteiger partial charge in [0, 0.05) is 25.7 Å². The fourth-order valence-corrected chi connectivity index (χ4v) is 1.72. The second kappa shape index (κ2) is 8.53. The Bertz CT molecular complexity index is 408. The molecule has 0 saturated carbocycles. The van der Waals surface area contributed by atoms with E-state index >= 15 is 0 Å². The number of carbonyl (C=O) groups is 1. The van der Waals surface area contributed by atoms with Crippen molar-refractivity contribution in [3.05, 3.63) is 35.6 Å². The van der Waals surface area contributed by atoms with Crippen LogP contribution in [0, 0.1) is 5.82 Å². The van der Waals surface area contributed by atoms with Crippen molar-refractivity contribution in [1.82, 2.24) is 15.5 Å². The first-order valence-electron chi connectivity index (χ1n) is 6.99. The van der Waals surface area contributed by atoms with E-state index in [0.717, 1.165) is 18.5 Å². The first-order valence-corrected chi connectivity index (χ1v) is 6.99. The van der Waals surface area contributed by atoms with Crippen molar-refractivity contribution in [2.45, 2.75) is 32.9 Å². The predicted octanol–water partition coefficient (Wildman–Crippen LogP) is 2.36. The van der Waals surface area contributed by atoms with E-state index in [2.05, 4.69) is 29.4 Å². The highest BCUT2D eigenvalue weighted by atomic mass is 19.1. The summed E-state index contributed by atoms with van der Waals surface area (Å²) in [4.78, 5) is 13.8. The molecule has 1 aromatic carbocycles. The first kappa shape index (κ1) is 16.4. The quantitative estimate of drug-likeness (QED) is 0.806. The summed E-state index contributed by atoms with van der Waals surface area (Å²) in [6.45, 7) is 6.13. The third kappa shape index (κ3) is 6.02. The van der Waals surface area contributed by atoms with E-state index in [1.807, 2.05) is 7.05 Å². The van der Waals surface area contributed by atoms with Gasteiger partial charge in [-0.1, -0.05) is 19.1 Å². The van der Waals surface area contributed by atoms with Crippen molar-refractivity contribution in [1.29, 1.82) is 0 Å². The molecular formula is C15H24FN3O. The van der Waals surface area contributed by atoms with E-state index in [1.54, 1.807) is 12.1 Å². The Kier molecular flexibility index (Phi) is 7.01. The van der Waals surface area contributed by atoms with Crippen LogP contribution in [0.15, 0.2) is 24.3 Å². The van der Waals surface area contributed by atoms with Gasteiger partial charge in [-0.25, -0.2) is 9.18 Å². The average Bonchev–Trinajstić information content (AvgIpc) is 2.45. The lowest BCUT2D eigenvalue weighted by molar-refractivity contribution is 0.230. The lowest BCUT2D eigenvalue weighted by Crippen LogP contribution is -2.41. The average molecular weight is 281 g/mol. The molecular weight excluding hydrogens is 257 g/mol. The Labute approximate surface area is 120 Å². The van der Waals surface area contributed by atoms with Crippen molar-refractivity contribution in [3.8, 4) is 0 Å². The summed E-state index contributed by atoms with van der Waals surface area (Å²) in [6.07, 6.45) is 1.09. The van der Waals surface area contributed by atoms with E-state index < -0.39 is 0 Å². The number of likely N-dealkylation sites (N-methyl/N-ethyl adjacent to an activating group) is 1. The summed E-state index contributed by atoms with van der Waals surface area (Å²) in [5.41, 5.74) is 0.873. The molecule has 0 radical (unpaired) electrons. The fourth-order valence-electron chi connectivity index (χ4n) is 1.72. The van der Waals surface area contributed by atoms with Gasteiger partial charge in [0.1, 0.15) is 5.82 Å². The van der Waals surface area contributed by atoms with Crippen LogP contribution in [-0.2, 0) is 6.54 Å². The SMILES string of the molecule is CCC(C)N(C)CCNC(=O)NCc1ccc(F)cc1. The molecule has 0 aromatic heterocycles. The van der Waals surface area contributed by atoms with Crippen LogP contribution >= 0.6 is 0 Å². The summed E-state index contributed by atoms with van der Waals surface area (Å²) in [5.74, 6) is -0.272. The lowest BCUT2D eigenvalue weighted by atomic mass is 10.2. The number of nitrogens with one attached hydrogen (secondary N) is 2. The van der Waals surface area contributed by atoms with Gasteiger partial charge in [-0.15, -0.1) is 0 Å². The third-order valence-corrected chi connectivity index (χ3v) is 3.46. The topological polar surface area (TPSA) is 44.4 Å². The number of rotatable bonds is 7.